The quantitative estimate of drug-likeness (QED) is 0.620. The lowest BCUT2D eigenvalue weighted by Crippen LogP contribution is -2.44. The van der Waals surface area contributed by atoms with Gasteiger partial charge < -0.3 is 19.1 Å². The predicted octanol–water partition coefficient (Wildman–Crippen LogP) is 2.63. The molecule has 1 atom stereocenters. The zero-order valence-electron chi connectivity index (χ0n) is 18.2. The van der Waals surface area contributed by atoms with Crippen LogP contribution in [0.1, 0.15) is 36.5 Å². The van der Waals surface area contributed by atoms with E-state index in [0.717, 1.165) is 56.0 Å². The Hall–Kier alpha value is -2.92. The summed E-state index contributed by atoms with van der Waals surface area (Å²) in [6.07, 6.45) is 3.76. The molecule has 0 amide bonds. The van der Waals surface area contributed by atoms with Gasteiger partial charge in [0.05, 0.1) is 6.54 Å². The first-order valence-corrected chi connectivity index (χ1v) is 10.7. The number of imidazole rings is 1. The minimum Gasteiger partial charge on any atom is -0.385 e. The molecule has 0 bridgehead atoms. The van der Waals surface area contributed by atoms with Crippen molar-refractivity contribution in [2.75, 3.05) is 39.8 Å². The number of benzene rings is 1. The van der Waals surface area contributed by atoms with Crippen molar-refractivity contribution in [3.63, 3.8) is 0 Å². The molecule has 0 saturated carbocycles. The Morgan fingerprint density at radius 3 is 2.68 bits per heavy atom. The topological polar surface area (TPSA) is 70.6 Å². The summed E-state index contributed by atoms with van der Waals surface area (Å²) < 4.78 is 7.39. The van der Waals surface area contributed by atoms with E-state index in [-0.39, 0.29) is 0 Å². The van der Waals surface area contributed by atoms with Crippen LogP contribution in [0.4, 0.5) is 0 Å². The molecule has 4 rings (SSSR count). The number of likely N-dealkylation sites (N-methyl/N-ethyl adjacent to an activating group) is 1. The van der Waals surface area contributed by atoms with E-state index in [0.29, 0.717) is 18.1 Å². The lowest BCUT2D eigenvalue weighted by Gasteiger charge is -2.31. The second-order valence-electron chi connectivity index (χ2n) is 8.05. The molecule has 31 heavy (non-hydrogen) atoms. The van der Waals surface area contributed by atoms with Gasteiger partial charge >= 0.3 is 0 Å². The fourth-order valence-electron chi connectivity index (χ4n) is 3.69. The van der Waals surface area contributed by atoms with Gasteiger partial charge in [-0.3, -0.25) is 4.90 Å². The van der Waals surface area contributed by atoms with Crippen LogP contribution in [0.3, 0.4) is 0 Å². The SMILES string of the molecule is CC(O)c1nccn1Cc1cc(-c2ccc(C#CCCN3CCN(C)CC3)cc2)on1. The Labute approximate surface area is 183 Å². The van der Waals surface area contributed by atoms with Crippen molar-refractivity contribution in [1.82, 2.24) is 24.5 Å². The van der Waals surface area contributed by atoms with Crippen LogP contribution in [-0.2, 0) is 6.54 Å². The Kier molecular flexibility index (Phi) is 6.82. The molecule has 1 N–H and O–H groups in total. The zero-order valence-corrected chi connectivity index (χ0v) is 18.2. The summed E-state index contributed by atoms with van der Waals surface area (Å²) in [4.78, 5) is 9.03. The number of piperazine rings is 1. The normalized spacial score (nSPS) is 16.1. The lowest BCUT2D eigenvalue weighted by atomic mass is 10.1. The molecule has 162 valence electrons. The van der Waals surface area contributed by atoms with Gasteiger partial charge in [-0.1, -0.05) is 17.0 Å². The Balaban J connectivity index is 1.32. The second kappa shape index (κ2) is 9.92. The van der Waals surface area contributed by atoms with Crippen molar-refractivity contribution in [2.24, 2.45) is 0 Å². The molecule has 0 aliphatic carbocycles. The average molecular weight is 420 g/mol. The molecule has 7 heteroatoms. The first-order chi connectivity index (χ1) is 15.1. The van der Waals surface area contributed by atoms with Crippen molar-refractivity contribution < 1.29 is 9.63 Å². The fourth-order valence-corrected chi connectivity index (χ4v) is 3.69. The summed E-state index contributed by atoms with van der Waals surface area (Å²) in [5, 5.41) is 14.0. The number of nitrogens with zero attached hydrogens (tertiary/aromatic N) is 5. The molecule has 3 aromatic rings. The maximum atomic E-state index is 9.79. The van der Waals surface area contributed by atoms with Crippen molar-refractivity contribution in [1.29, 1.82) is 0 Å². The molecule has 1 saturated heterocycles. The van der Waals surface area contributed by atoms with E-state index in [4.69, 9.17) is 4.52 Å². The van der Waals surface area contributed by atoms with Gasteiger partial charge in [0.1, 0.15) is 17.6 Å². The molecule has 1 aliphatic rings. The first-order valence-electron chi connectivity index (χ1n) is 10.7. The summed E-state index contributed by atoms with van der Waals surface area (Å²) in [6, 6.07) is 9.96. The van der Waals surface area contributed by atoms with Gasteiger partial charge in [0.25, 0.3) is 0 Å². The van der Waals surface area contributed by atoms with Gasteiger partial charge in [-0.2, -0.15) is 0 Å². The third-order valence-corrected chi connectivity index (χ3v) is 5.56. The highest BCUT2D eigenvalue weighted by molar-refractivity contribution is 5.59. The van der Waals surface area contributed by atoms with E-state index in [1.54, 1.807) is 13.1 Å². The van der Waals surface area contributed by atoms with E-state index in [1.165, 1.54) is 0 Å². The number of aliphatic hydroxyl groups is 1. The molecule has 1 aromatic carbocycles. The third kappa shape index (κ3) is 5.61. The van der Waals surface area contributed by atoms with Gasteiger partial charge in [0.15, 0.2) is 5.76 Å². The van der Waals surface area contributed by atoms with E-state index in [2.05, 4.69) is 38.8 Å². The Morgan fingerprint density at radius 2 is 1.94 bits per heavy atom. The number of aliphatic hydroxyl groups excluding tert-OH is 1. The monoisotopic (exact) mass is 419 g/mol. The Bertz CT molecular complexity index is 1030. The molecular weight excluding hydrogens is 390 g/mol. The number of aromatic nitrogens is 3. The smallest absolute Gasteiger partial charge is 0.167 e. The summed E-state index contributed by atoms with van der Waals surface area (Å²) in [6.45, 7) is 7.78. The highest BCUT2D eigenvalue weighted by atomic mass is 16.5. The van der Waals surface area contributed by atoms with Crippen LogP contribution in [0.15, 0.2) is 47.2 Å². The molecule has 7 nitrogen and oxygen atoms in total. The zero-order chi connectivity index (χ0) is 21.6. The van der Waals surface area contributed by atoms with Crippen molar-refractivity contribution in [3.8, 4) is 23.2 Å². The summed E-state index contributed by atoms with van der Waals surface area (Å²) in [5.74, 6) is 7.87. The standard InChI is InChI=1S/C24H29N5O2/c1-19(30)24-25-10-12-29(24)18-22-17-23(31-26-22)21-8-6-20(7-9-21)5-3-4-11-28-15-13-27(2)14-16-28/h6-10,12,17,19,30H,4,11,13-16,18H2,1-2H3. The van der Waals surface area contributed by atoms with E-state index in [9.17, 15) is 5.11 Å². The van der Waals surface area contributed by atoms with E-state index < -0.39 is 6.10 Å². The summed E-state index contributed by atoms with van der Waals surface area (Å²) in [7, 11) is 2.17. The predicted molar refractivity (Wildman–Crippen MR) is 119 cm³/mol. The molecule has 3 heterocycles. The van der Waals surface area contributed by atoms with Gasteiger partial charge in [-0.15, -0.1) is 0 Å². The summed E-state index contributed by atoms with van der Waals surface area (Å²) in [5.41, 5.74) is 2.74. The van der Waals surface area contributed by atoms with Crippen molar-refractivity contribution in [2.45, 2.75) is 26.0 Å². The molecule has 1 unspecified atom stereocenters. The van der Waals surface area contributed by atoms with Crippen molar-refractivity contribution >= 4 is 0 Å². The van der Waals surface area contributed by atoms with Crippen LogP contribution < -0.4 is 0 Å². The van der Waals surface area contributed by atoms with Crippen LogP contribution in [-0.4, -0.2) is 69.4 Å². The molecule has 0 spiro atoms. The maximum absolute atomic E-state index is 9.79. The Morgan fingerprint density at radius 1 is 1.16 bits per heavy atom. The molecular formula is C24H29N5O2. The molecule has 1 fully saturated rings. The highest BCUT2D eigenvalue weighted by Crippen LogP contribution is 2.22. The van der Waals surface area contributed by atoms with E-state index >= 15 is 0 Å². The molecule has 1 aliphatic heterocycles. The van der Waals surface area contributed by atoms with Crippen molar-refractivity contribution in [3.05, 3.63) is 59.8 Å². The summed E-state index contributed by atoms with van der Waals surface area (Å²) >= 11 is 0. The maximum Gasteiger partial charge on any atom is 0.167 e. The van der Waals surface area contributed by atoms with Gasteiger partial charge in [-0.05, 0) is 38.2 Å². The highest BCUT2D eigenvalue weighted by Gasteiger charge is 2.13. The van der Waals surface area contributed by atoms with Gasteiger partial charge in [-0.25, -0.2) is 4.98 Å². The van der Waals surface area contributed by atoms with Crippen LogP contribution in [0.2, 0.25) is 0 Å². The lowest BCUT2D eigenvalue weighted by molar-refractivity contribution is 0.157. The van der Waals surface area contributed by atoms with Crippen LogP contribution in [0, 0.1) is 11.8 Å². The van der Waals surface area contributed by atoms with Crippen LogP contribution in [0.5, 0.6) is 0 Å². The van der Waals surface area contributed by atoms with E-state index in [1.807, 2.05) is 41.1 Å². The van der Waals surface area contributed by atoms with Gasteiger partial charge in [0, 0.05) is 68.7 Å². The van der Waals surface area contributed by atoms with Gasteiger partial charge in [0.2, 0.25) is 0 Å². The largest absolute Gasteiger partial charge is 0.385 e. The third-order valence-electron chi connectivity index (χ3n) is 5.56. The van der Waals surface area contributed by atoms with Crippen LogP contribution in [0.25, 0.3) is 11.3 Å². The second-order valence-corrected chi connectivity index (χ2v) is 8.05. The average Bonchev–Trinajstić information content (AvgIpc) is 3.43. The molecule has 0 radical (unpaired) electrons. The minimum atomic E-state index is -0.628. The fraction of sp³-hybridized carbons (Fsp3) is 0.417. The number of rotatable bonds is 6. The number of hydrogen-bond acceptors (Lipinski definition) is 6. The van der Waals surface area contributed by atoms with Crippen LogP contribution >= 0.6 is 0 Å². The molecule has 2 aromatic heterocycles. The first kappa shape index (κ1) is 21.3. The number of hydrogen-bond donors (Lipinski definition) is 1. The minimum absolute atomic E-state index is 0.501.